The van der Waals surface area contributed by atoms with Gasteiger partial charge in [-0.3, -0.25) is 0 Å². The zero-order chi connectivity index (χ0) is 16.8. The first-order valence-corrected chi connectivity index (χ1v) is 9.86. The normalized spacial score (nSPS) is 10.6. The zero-order valence-electron chi connectivity index (χ0n) is 12.8. The molecule has 0 aliphatic heterocycles. The summed E-state index contributed by atoms with van der Waals surface area (Å²) >= 11 is 15.7. The predicted molar refractivity (Wildman–Crippen MR) is 103 cm³/mol. The highest BCUT2D eigenvalue weighted by molar-refractivity contribution is 7.99. The number of nitrogens with one attached hydrogen (secondary N) is 1. The van der Waals surface area contributed by atoms with Crippen molar-refractivity contribution in [3.8, 4) is 0 Å². The van der Waals surface area contributed by atoms with Crippen LogP contribution >= 0.6 is 46.7 Å². The highest BCUT2D eigenvalue weighted by Crippen LogP contribution is 2.32. The standard InChI is InChI=1S/C16H17Cl2N2OS2/c1-3-22-15-7-5-11(9-13(15)17)19-20(21)12-6-8-16(23-4-2)14(18)10-12/h5-10H,3-4H2,1-2H3,(H,19,21)/q+1. The van der Waals surface area contributed by atoms with Crippen molar-refractivity contribution in [2.75, 3.05) is 16.9 Å². The van der Waals surface area contributed by atoms with Gasteiger partial charge in [0.2, 0.25) is 0 Å². The van der Waals surface area contributed by atoms with Crippen molar-refractivity contribution >= 4 is 58.1 Å². The zero-order valence-corrected chi connectivity index (χ0v) is 16.0. The van der Waals surface area contributed by atoms with Crippen LogP contribution in [0.3, 0.4) is 0 Å². The molecule has 2 aromatic rings. The average Bonchev–Trinajstić information content (AvgIpc) is 2.52. The maximum Gasteiger partial charge on any atom is 0.293 e. The van der Waals surface area contributed by atoms with Gasteiger partial charge < -0.3 is 0 Å². The van der Waals surface area contributed by atoms with Crippen molar-refractivity contribution in [1.82, 2.24) is 0 Å². The first-order chi connectivity index (χ1) is 11.0. The molecule has 122 valence electrons. The largest absolute Gasteiger partial charge is 0.293 e. The minimum absolute atomic E-state index is 0.443. The van der Waals surface area contributed by atoms with Crippen LogP contribution in [0.15, 0.2) is 46.2 Å². The van der Waals surface area contributed by atoms with Crippen molar-refractivity contribution in [1.29, 1.82) is 0 Å². The maximum absolute atomic E-state index is 12.2. The van der Waals surface area contributed by atoms with Crippen LogP contribution in [0.5, 0.6) is 0 Å². The van der Waals surface area contributed by atoms with Gasteiger partial charge in [0.05, 0.1) is 15.0 Å². The van der Waals surface area contributed by atoms with Gasteiger partial charge in [0.15, 0.2) is 4.87 Å². The minimum atomic E-state index is 0.443. The third-order valence-corrected chi connectivity index (χ3v) is 5.67. The molecule has 0 aromatic heterocycles. The van der Waals surface area contributed by atoms with Gasteiger partial charge in [-0.25, -0.2) is 0 Å². The molecule has 2 rings (SSSR count). The third-order valence-electron chi connectivity index (χ3n) is 2.91. The van der Waals surface area contributed by atoms with Crippen molar-refractivity contribution in [3.05, 3.63) is 51.4 Å². The van der Waals surface area contributed by atoms with E-state index in [1.807, 2.05) is 18.2 Å². The molecule has 0 bridgehead atoms. The molecule has 0 atom stereocenters. The molecule has 0 aliphatic rings. The van der Waals surface area contributed by atoms with Crippen LogP contribution < -0.4 is 5.43 Å². The quantitative estimate of drug-likeness (QED) is 0.327. The lowest BCUT2D eigenvalue weighted by Gasteiger charge is -2.04. The van der Waals surface area contributed by atoms with Crippen LogP contribution in [0.25, 0.3) is 0 Å². The van der Waals surface area contributed by atoms with Gasteiger partial charge in [-0.05, 0) is 35.8 Å². The number of anilines is 1. The predicted octanol–water partition coefficient (Wildman–Crippen LogP) is 6.65. The summed E-state index contributed by atoms with van der Waals surface area (Å²) in [6.07, 6.45) is 0. The van der Waals surface area contributed by atoms with E-state index in [1.54, 1.807) is 41.7 Å². The Hall–Kier alpha value is -0.880. The molecule has 0 saturated heterocycles. The van der Waals surface area contributed by atoms with Crippen molar-refractivity contribution in [3.63, 3.8) is 0 Å². The number of hydrogen-bond acceptors (Lipinski definition) is 3. The van der Waals surface area contributed by atoms with Crippen LogP contribution in [-0.4, -0.2) is 16.4 Å². The molecule has 3 nitrogen and oxygen atoms in total. The van der Waals surface area contributed by atoms with E-state index in [0.29, 0.717) is 26.3 Å². The topological polar surface area (TPSA) is 32.1 Å². The number of thioether (sulfide) groups is 2. The number of hydrazine groups is 1. The van der Waals surface area contributed by atoms with E-state index in [2.05, 4.69) is 19.3 Å². The molecule has 0 saturated carbocycles. The van der Waals surface area contributed by atoms with E-state index in [9.17, 15) is 4.91 Å². The number of halogens is 2. The molecule has 23 heavy (non-hydrogen) atoms. The Labute approximate surface area is 154 Å². The molecule has 2 aromatic carbocycles. The van der Waals surface area contributed by atoms with Gasteiger partial charge in [0.25, 0.3) is 5.69 Å². The molecule has 1 N–H and O–H groups in total. The minimum Gasteiger partial charge on any atom is -0.125 e. The van der Waals surface area contributed by atoms with E-state index >= 15 is 0 Å². The molecule has 0 fully saturated rings. The summed E-state index contributed by atoms with van der Waals surface area (Å²) in [4.78, 5) is 14.9. The van der Waals surface area contributed by atoms with E-state index in [-0.39, 0.29) is 0 Å². The molecule has 0 radical (unpaired) electrons. The number of nitroso groups, excluding NO2 is 1. The average molecular weight is 388 g/mol. The second-order valence-electron chi connectivity index (χ2n) is 4.53. The van der Waals surface area contributed by atoms with E-state index in [1.165, 1.54) is 0 Å². The van der Waals surface area contributed by atoms with E-state index in [0.717, 1.165) is 21.3 Å². The van der Waals surface area contributed by atoms with Crippen molar-refractivity contribution in [2.45, 2.75) is 23.6 Å². The van der Waals surface area contributed by atoms with E-state index in [4.69, 9.17) is 23.2 Å². The monoisotopic (exact) mass is 387 g/mol. The summed E-state index contributed by atoms with van der Waals surface area (Å²) in [5.41, 5.74) is 3.84. The summed E-state index contributed by atoms with van der Waals surface area (Å²) in [6.45, 7) is 4.12. The Kier molecular flexibility index (Phi) is 7.09. The van der Waals surface area contributed by atoms with Crippen LogP contribution in [0.2, 0.25) is 10.0 Å². The molecule has 0 aliphatic carbocycles. The van der Waals surface area contributed by atoms with Crippen molar-refractivity contribution < 1.29 is 4.87 Å². The highest BCUT2D eigenvalue weighted by Gasteiger charge is 2.17. The third kappa shape index (κ3) is 5.05. The molecule has 7 heteroatoms. The Bertz CT molecular complexity index is 710. The van der Waals surface area contributed by atoms with Gasteiger partial charge in [-0.15, -0.1) is 28.9 Å². The first kappa shape index (κ1) is 18.5. The number of nitrogens with zero attached hydrogens (tertiary/aromatic N) is 1. The lowest BCUT2D eigenvalue weighted by molar-refractivity contribution is -0.427. The van der Waals surface area contributed by atoms with Gasteiger partial charge in [0, 0.05) is 21.9 Å². The van der Waals surface area contributed by atoms with Crippen LogP contribution in [0, 0.1) is 4.91 Å². The fourth-order valence-corrected chi connectivity index (χ4v) is 3.94. The van der Waals surface area contributed by atoms with E-state index < -0.39 is 0 Å². The van der Waals surface area contributed by atoms with Crippen LogP contribution in [0.4, 0.5) is 11.4 Å². The lowest BCUT2D eigenvalue weighted by Crippen LogP contribution is -2.10. The molecule has 0 unspecified atom stereocenters. The molecule has 0 heterocycles. The summed E-state index contributed by atoms with van der Waals surface area (Å²) in [5, 5.41) is 1.20. The van der Waals surface area contributed by atoms with Gasteiger partial charge in [-0.2, -0.15) is 0 Å². The molecular weight excluding hydrogens is 371 g/mol. The summed E-state index contributed by atoms with van der Waals surface area (Å²) in [7, 11) is 0. The maximum atomic E-state index is 12.2. The lowest BCUT2D eigenvalue weighted by atomic mass is 10.3. The Balaban J connectivity index is 2.12. The van der Waals surface area contributed by atoms with Crippen molar-refractivity contribution in [2.24, 2.45) is 0 Å². The second kappa shape index (κ2) is 8.83. The summed E-state index contributed by atoms with van der Waals surface area (Å²) in [6, 6.07) is 10.7. The molecular formula is C16H17Cl2N2OS2+. The smallest absolute Gasteiger partial charge is 0.125 e. The number of hydrogen-bond donors (Lipinski definition) is 1. The van der Waals surface area contributed by atoms with Crippen LogP contribution in [-0.2, 0) is 0 Å². The highest BCUT2D eigenvalue weighted by atomic mass is 35.5. The Morgan fingerprint density at radius 2 is 1.52 bits per heavy atom. The number of rotatable bonds is 7. The number of benzene rings is 2. The van der Waals surface area contributed by atoms with Gasteiger partial charge in [-0.1, -0.05) is 37.0 Å². The Morgan fingerprint density at radius 1 is 0.957 bits per heavy atom. The SMILES string of the molecule is CCSc1ccc(N[N+](=O)c2ccc(SCC)c(Cl)c2)cc1Cl. The Morgan fingerprint density at radius 3 is 2.04 bits per heavy atom. The van der Waals surface area contributed by atoms with Gasteiger partial charge in [0.1, 0.15) is 5.69 Å². The van der Waals surface area contributed by atoms with Crippen LogP contribution in [0.1, 0.15) is 13.8 Å². The first-order valence-electron chi connectivity index (χ1n) is 7.13. The fourth-order valence-electron chi connectivity index (χ4n) is 1.91. The summed E-state index contributed by atoms with van der Waals surface area (Å²) in [5.74, 6) is 1.87. The fraction of sp³-hybridized carbons (Fsp3) is 0.250. The molecule has 0 spiro atoms. The summed E-state index contributed by atoms with van der Waals surface area (Å²) < 4.78 is 0. The molecule has 0 amide bonds. The van der Waals surface area contributed by atoms with Gasteiger partial charge >= 0.3 is 0 Å². The second-order valence-corrected chi connectivity index (χ2v) is 7.96.